The van der Waals surface area contributed by atoms with E-state index in [1.807, 2.05) is 6.07 Å². The van der Waals surface area contributed by atoms with Crippen molar-refractivity contribution in [1.82, 2.24) is 0 Å². The lowest BCUT2D eigenvalue weighted by atomic mass is 9.72. The molecule has 1 aliphatic heterocycles. The van der Waals surface area contributed by atoms with Gasteiger partial charge in [0.25, 0.3) is 0 Å². The smallest absolute Gasteiger partial charge is 0.134 e. The Balaban J connectivity index is 1.89. The van der Waals surface area contributed by atoms with Crippen molar-refractivity contribution in [2.75, 3.05) is 6.61 Å². The maximum absolute atomic E-state index is 10.9. The van der Waals surface area contributed by atoms with Gasteiger partial charge in [0.15, 0.2) is 0 Å². The van der Waals surface area contributed by atoms with Crippen molar-refractivity contribution >= 4 is 0 Å². The summed E-state index contributed by atoms with van der Waals surface area (Å²) in [5.41, 5.74) is 3.04. The molecule has 2 N–H and O–H groups in total. The number of fused-ring (bicyclic) bond motifs is 3. The monoisotopic (exact) mass is 370 g/mol. The fourth-order valence-corrected chi connectivity index (χ4v) is 4.57. The first-order chi connectivity index (χ1) is 12.9. The molecule has 3 rings (SSSR count). The normalized spacial score (nSPS) is 21.9. The van der Waals surface area contributed by atoms with Crippen LogP contribution in [0.3, 0.4) is 0 Å². The molecular weight excluding hydrogens is 336 g/mol. The van der Waals surface area contributed by atoms with Crippen molar-refractivity contribution in [2.45, 2.75) is 77.0 Å². The second-order valence-electron chi connectivity index (χ2n) is 8.84. The van der Waals surface area contributed by atoms with Gasteiger partial charge in [0.1, 0.15) is 17.3 Å². The Morgan fingerprint density at radius 2 is 1.96 bits per heavy atom. The predicted molar refractivity (Wildman–Crippen MR) is 110 cm³/mol. The maximum atomic E-state index is 10.9. The third-order valence-electron chi connectivity index (χ3n) is 6.41. The lowest BCUT2D eigenvalue weighted by molar-refractivity contribution is 0.251. The first-order valence-electron chi connectivity index (χ1n) is 10.4. The molecule has 2 aliphatic rings. The van der Waals surface area contributed by atoms with Crippen LogP contribution in [0.25, 0.3) is 0 Å². The minimum Gasteiger partial charge on any atom is -0.508 e. The molecule has 2 atom stereocenters. The van der Waals surface area contributed by atoms with E-state index < -0.39 is 0 Å². The zero-order chi connectivity index (χ0) is 19.6. The van der Waals surface area contributed by atoms with Crippen LogP contribution in [0, 0.1) is 5.92 Å². The second-order valence-corrected chi connectivity index (χ2v) is 8.84. The molecule has 0 radical (unpaired) electrons. The summed E-state index contributed by atoms with van der Waals surface area (Å²) in [5.74, 6) is 2.16. The van der Waals surface area contributed by atoms with Gasteiger partial charge in [-0.05, 0) is 47.9 Å². The van der Waals surface area contributed by atoms with Crippen LogP contribution in [0.1, 0.15) is 82.8 Å². The topological polar surface area (TPSA) is 49.7 Å². The number of allylic oxidation sites excluding steroid dienone is 2. The number of phenolic OH excluding ortho intramolecular Hbond substituents is 1. The summed E-state index contributed by atoms with van der Waals surface area (Å²) in [5, 5.41) is 20.5. The van der Waals surface area contributed by atoms with Crippen molar-refractivity contribution < 1.29 is 14.9 Å². The Bertz CT molecular complexity index is 729. The number of unbranched alkanes of at least 4 members (excludes halogenated alkanes) is 3. The zero-order valence-corrected chi connectivity index (χ0v) is 17.1. The largest absolute Gasteiger partial charge is 0.508 e. The predicted octanol–water partition coefficient (Wildman–Crippen LogP) is 5.96. The van der Waals surface area contributed by atoms with Crippen molar-refractivity contribution in [3.8, 4) is 11.5 Å². The Labute approximate surface area is 163 Å². The van der Waals surface area contributed by atoms with Crippen LogP contribution in [0.2, 0.25) is 0 Å². The highest BCUT2D eigenvalue weighted by Gasteiger charge is 2.38. The van der Waals surface area contributed by atoms with Gasteiger partial charge in [-0.25, -0.2) is 0 Å². The Morgan fingerprint density at radius 3 is 2.67 bits per heavy atom. The van der Waals surface area contributed by atoms with Crippen LogP contribution in [0.4, 0.5) is 0 Å². The van der Waals surface area contributed by atoms with E-state index in [0.717, 1.165) is 47.5 Å². The molecule has 3 heteroatoms. The first kappa shape index (κ1) is 20.0. The summed E-state index contributed by atoms with van der Waals surface area (Å²) in [6, 6.07) is 4.04. The van der Waals surface area contributed by atoms with E-state index in [1.54, 1.807) is 0 Å². The molecule has 3 nitrogen and oxygen atoms in total. The lowest BCUT2D eigenvalue weighted by Crippen LogP contribution is -2.27. The molecule has 1 aliphatic carbocycles. The van der Waals surface area contributed by atoms with Gasteiger partial charge in [-0.1, -0.05) is 59.1 Å². The Hall–Kier alpha value is -1.74. The number of phenols is 1. The van der Waals surface area contributed by atoms with Crippen molar-refractivity contribution in [3.63, 3.8) is 0 Å². The van der Waals surface area contributed by atoms with E-state index in [0.29, 0.717) is 5.75 Å². The Kier molecular flexibility index (Phi) is 6.00. The number of ether oxygens (including phenoxy) is 1. The Morgan fingerprint density at radius 1 is 1.19 bits per heavy atom. The van der Waals surface area contributed by atoms with Crippen LogP contribution in [-0.4, -0.2) is 16.8 Å². The maximum Gasteiger partial charge on any atom is 0.134 e. The number of hydrogen-bond donors (Lipinski definition) is 2. The van der Waals surface area contributed by atoms with Gasteiger partial charge in [0.2, 0.25) is 0 Å². The van der Waals surface area contributed by atoms with E-state index in [1.165, 1.54) is 25.7 Å². The van der Waals surface area contributed by atoms with Gasteiger partial charge in [-0.3, -0.25) is 0 Å². The number of aliphatic hydroxyl groups is 1. The van der Waals surface area contributed by atoms with Gasteiger partial charge in [0.05, 0.1) is 6.61 Å². The van der Waals surface area contributed by atoms with E-state index in [2.05, 4.69) is 39.5 Å². The fraction of sp³-hybridized carbons (Fsp3) is 0.583. The van der Waals surface area contributed by atoms with E-state index >= 15 is 0 Å². The van der Waals surface area contributed by atoms with Crippen LogP contribution >= 0.6 is 0 Å². The molecule has 148 valence electrons. The molecule has 0 fully saturated rings. The molecule has 0 spiro atoms. The minimum absolute atomic E-state index is 0.00940. The third kappa shape index (κ3) is 4.08. The fourth-order valence-electron chi connectivity index (χ4n) is 4.57. The van der Waals surface area contributed by atoms with Crippen molar-refractivity contribution in [2.24, 2.45) is 5.92 Å². The second kappa shape index (κ2) is 8.10. The summed E-state index contributed by atoms with van der Waals surface area (Å²) in [4.78, 5) is 0. The van der Waals surface area contributed by atoms with Crippen LogP contribution in [-0.2, 0) is 5.41 Å². The first-order valence-corrected chi connectivity index (χ1v) is 10.4. The molecular formula is C24H34O3. The SMILES string of the molecule is C=C1Oc2cc(C(C)(C)CCCCCC)cc(O)c2[C@H]2CC(CO)=CC[C@H]12. The van der Waals surface area contributed by atoms with Gasteiger partial charge in [0, 0.05) is 17.4 Å². The average molecular weight is 371 g/mol. The number of aliphatic hydroxyl groups excluding tert-OH is 1. The summed E-state index contributed by atoms with van der Waals surface area (Å²) >= 11 is 0. The lowest BCUT2D eigenvalue weighted by Gasteiger charge is -2.39. The summed E-state index contributed by atoms with van der Waals surface area (Å²) < 4.78 is 6.08. The number of rotatable bonds is 7. The number of aromatic hydroxyl groups is 1. The summed E-state index contributed by atoms with van der Waals surface area (Å²) in [7, 11) is 0. The van der Waals surface area contributed by atoms with E-state index in [4.69, 9.17) is 4.74 Å². The molecule has 0 saturated heterocycles. The summed E-state index contributed by atoms with van der Waals surface area (Å²) in [6.07, 6.45) is 9.71. The summed E-state index contributed by atoms with van der Waals surface area (Å²) in [6.45, 7) is 10.9. The highest BCUT2D eigenvalue weighted by Crippen LogP contribution is 2.52. The molecule has 0 aromatic heterocycles. The van der Waals surface area contributed by atoms with Gasteiger partial charge < -0.3 is 14.9 Å². The molecule has 27 heavy (non-hydrogen) atoms. The standard InChI is InChI=1S/C24H34O3/c1-5-6-7-8-11-24(3,4)18-13-21(26)23-20-12-17(15-25)9-10-19(20)16(2)27-22(23)14-18/h9,13-14,19-20,25-26H,2,5-8,10-12,15H2,1,3-4H3/t19-,20+/m1/s1. The zero-order valence-electron chi connectivity index (χ0n) is 17.1. The molecule has 1 aromatic rings. The average Bonchev–Trinajstić information content (AvgIpc) is 2.64. The quantitative estimate of drug-likeness (QED) is 0.460. The molecule has 0 amide bonds. The third-order valence-corrected chi connectivity index (χ3v) is 6.41. The number of hydrogen-bond acceptors (Lipinski definition) is 3. The van der Waals surface area contributed by atoms with Crippen LogP contribution in [0.5, 0.6) is 11.5 Å². The van der Waals surface area contributed by atoms with Gasteiger partial charge in [-0.15, -0.1) is 0 Å². The minimum atomic E-state index is -0.00940. The van der Waals surface area contributed by atoms with Gasteiger partial charge >= 0.3 is 0 Å². The molecule has 0 unspecified atom stereocenters. The van der Waals surface area contributed by atoms with Crippen molar-refractivity contribution in [1.29, 1.82) is 0 Å². The molecule has 0 saturated carbocycles. The highest BCUT2D eigenvalue weighted by molar-refractivity contribution is 5.54. The molecule has 1 aromatic carbocycles. The van der Waals surface area contributed by atoms with Crippen LogP contribution < -0.4 is 4.74 Å². The molecule has 0 bridgehead atoms. The molecule has 1 heterocycles. The van der Waals surface area contributed by atoms with Gasteiger partial charge in [-0.2, -0.15) is 0 Å². The van der Waals surface area contributed by atoms with Crippen LogP contribution in [0.15, 0.2) is 36.1 Å². The van der Waals surface area contributed by atoms with Crippen molar-refractivity contribution in [3.05, 3.63) is 47.2 Å². The highest BCUT2D eigenvalue weighted by atomic mass is 16.5. The van der Waals surface area contributed by atoms with E-state index in [-0.39, 0.29) is 23.9 Å². The van der Waals surface area contributed by atoms with E-state index in [9.17, 15) is 10.2 Å². The number of benzene rings is 1.